The lowest BCUT2D eigenvalue weighted by Crippen LogP contribution is -2.15. The van der Waals surface area contributed by atoms with Crippen molar-refractivity contribution in [1.82, 2.24) is 15.2 Å². The first-order chi connectivity index (χ1) is 8.18. The van der Waals surface area contributed by atoms with Crippen molar-refractivity contribution in [3.63, 3.8) is 0 Å². The van der Waals surface area contributed by atoms with Gasteiger partial charge < -0.3 is 10.4 Å². The van der Waals surface area contributed by atoms with Crippen molar-refractivity contribution >= 4 is 11.6 Å². The molecule has 6 nitrogen and oxygen atoms in total. The second-order valence-electron chi connectivity index (χ2n) is 3.55. The largest absolute Gasteiger partial charge is 0.389 e. The number of aliphatic hydroxyl groups excluding tert-OH is 1. The summed E-state index contributed by atoms with van der Waals surface area (Å²) in [5, 5.41) is 18.3. The Hall–Kier alpha value is -2.21. The lowest BCUT2D eigenvalue weighted by atomic mass is 10.1. The molecule has 17 heavy (non-hydrogen) atoms. The number of aromatic amines is 1. The van der Waals surface area contributed by atoms with E-state index in [0.717, 1.165) is 0 Å². The maximum Gasteiger partial charge on any atom is 0.292 e. The molecule has 0 bridgehead atoms. The number of aromatic nitrogens is 3. The normalized spacial score (nSPS) is 12.1. The Bertz CT molecular complexity index is 508. The number of rotatable bonds is 3. The lowest BCUT2D eigenvalue weighted by Gasteiger charge is -2.11. The maximum atomic E-state index is 11.7. The molecule has 0 spiro atoms. The zero-order valence-corrected chi connectivity index (χ0v) is 9.21. The van der Waals surface area contributed by atoms with E-state index in [1.54, 1.807) is 31.2 Å². The summed E-state index contributed by atoms with van der Waals surface area (Å²) >= 11 is 0. The number of anilines is 1. The van der Waals surface area contributed by atoms with Gasteiger partial charge in [0.2, 0.25) is 5.82 Å². The van der Waals surface area contributed by atoms with E-state index in [1.165, 1.54) is 6.33 Å². The van der Waals surface area contributed by atoms with Crippen LogP contribution in [0.25, 0.3) is 0 Å². The van der Waals surface area contributed by atoms with E-state index in [-0.39, 0.29) is 5.82 Å². The van der Waals surface area contributed by atoms with Crippen LogP contribution >= 0.6 is 0 Å². The molecule has 1 amide bonds. The molecular weight excluding hydrogens is 220 g/mol. The van der Waals surface area contributed by atoms with Crippen LogP contribution in [-0.2, 0) is 0 Å². The van der Waals surface area contributed by atoms with Crippen LogP contribution in [0.3, 0.4) is 0 Å². The molecular formula is C11H12N4O2. The van der Waals surface area contributed by atoms with Crippen molar-refractivity contribution in [1.29, 1.82) is 0 Å². The summed E-state index contributed by atoms with van der Waals surface area (Å²) < 4.78 is 0. The molecule has 0 radical (unpaired) electrons. The molecule has 1 heterocycles. The Morgan fingerprint density at radius 2 is 2.24 bits per heavy atom. The monoisotopic (exact) mass is 232 g/mol. The molecule has 0 aliphatic heterocycles. The molecule has 0 aliphatic carbocycles. The highest BCUT2D eigenvalue weighted by Gasteiger charge is 2.13. The SMILES string of the molecule is CC(O)c1ccccc1NC(=O)c1ncn[nH]1. The van der Waals surface area contributed by atoms with E-state index < -0.39 is 12.0 Å². The number of nitrogens with one attached hydrogen (secondary N) is 2. The molecule has 0 aliphatic rings. The van der Waals surface area contributed by atoms with E-state index in [2.05, 4.69) is 20.5 Å². The summed E-state index contributed by atoms with van der Waals surface area (Å²) in [6, 6.07) is 7.05. The zero-order valence-electron chi connectivity index (χ0n) is 9.21. The maximum absolute atomic E-state index is 11.7. The van der Waals surface area contributed by atoms with Crippen molar-refractivity contribution in [3.05, 3.63) is 42.0 Å². The number of nitrogens with zero attached hydrogens (tertiary/aromatic N) is 2. The van der Waals surface area contributed by atoms with Gasteiger partial charge in [-0.3, -0.25) is 9.89 Å². The van der Waals surface area contributed by atoms with Gasteiger partial charge in [-0.2, -0.15) is 5.10 Å². The fourth-order valence-electron chi connectivity index (χ4n) is 1.47. The van der Waals surface area contributed by atoms with Gasteiger partial charge in [-0.25, -0.2) is 4.98 Å². The molecule has 1 unspecified atom stereocenters. The van der Waals surface area contributed by atoms with E-state index in [0.29, 0.717) is 11.3 Å². The average molecular weight is 232 g/mol. The molecule has 1 aromatic heterocycles. The number of benzene rings is 1. The number of carbonyl (C=O) groups excluding carboxylic acids is 1. The molecule has 1 aromatic carbocycles. The molecule has 3 N–H and O–H groups in total. The van der Waals surface area contributed by atoms with E-state index in [4.69, 9.17) is 0 Å². The van der Waals surface area contributed by atoms with Crippen LogP contribution < -0.4 is 5.32 Å². The van der Waals surface area contributed by atoms with Gasteiger partial charge in [-0.1, -0.05) is 18.2 Å². The van der Waals surface area contributed by atoms with Gasteiger partial charge in [0.25, 0.3) is 5.91 Å². The number of carbonyl (C=O) groups is 1. The van der Waals surface area contributed by atoms with Crippen LogP contribution in [0.15, 0.2) is 30.6 Å². The van der Waals surface area contributed by atoms with Gasteiger partial charge in [0.15, 0.2) is 0 Å². The van der Waals surface area contributed by atoms with Gasteiger partial charge in [0, 0.05) is 11.3 Å². The van der Waals surface area contributed by atoms with Gasteiger partial charge >= 0.3 is 0 Å². The summed E-state index contributed by atoms with van der Waals surface area (Å²) in [6.45, 7) is 1.64. The first-order valence-electron chi connectivity index (χ1n) is 5.12. The van der Waals surface area contributed by atoms with E-state index in [1.807, 2.05) is 0 Å². The smallest absolute Gasteiger partial charge is 0.292 e. The fraction of sp³-hybridized carbons (Fsp3) is 0.182. The molecule has 0 saturated carbocycles. The standard InChI is InChI=1S/C11H12N4O2/c1-7(16)8-4-2-3-5-9(8)14-11(17)10-12-6-13-15-10/h2-7,16H,1H3,(H,14,17)(H,12,13,15). The Balaban J connectivity index is 2.22. The van der Waals surface area contributed by atoms with Crippen LogP contribution in [0.4, 0.5) is 5.69 Å². The van der Waals surface area contributed by atoms with Crippen molar-refractivity contribution in [2.75, 3.05) is 5.32 Å². The number of hydrogen-bond donors (Lipinski definition) is 3. The van der Waals surface area contributed by atoms with Gasteiger partial charge in [0.05, 0.1) is 6.10 Å². The van der Waals surface area contributed by atoms with Crippen molar-refractivity contribution in [2.24, 2.45) is 0 Å². The number of amides is 1. The van der Waals surface area contributed by atoms with Gasteiger partial charge in [-0.05, 0) is 13.0 Å². The second kappa shape index (κ2) is 4.75. The van der Waals surface area contributed by atoms with Crippen LogP contribution in [0.1, 0.15) is 29.2 Å². The Labute approximate surface area is 97.7 Å². The molecule has 2 aromatic rings. The van der Waals surface area contributed by atoms with Gasteiger partial charge in [-0.15, -0.1) is 0 Å². The predicted octanol–water partition coefficient (Wildman–Crippen LogP) is 1.11. The van der Waals surface area contributed by atoms with E-state index in [9.17, 15) is 9.90 Å². The third-order valence-electron chi connectivity index (χ3n) is 2.29. The number of hydrogen-bond acceptors (Lipinski definition) is 4. The fourth-order valence-corrected chi connectivity index (χ4v) is 1.47. The molecule has 6 heteroatoms. The topological polar surface area (TPSA) is 90.9 Å². The summed E-state index contributed by atoms with van der Waals surface area (Å²) in [5.41, 5.74) is 1.21. The minimum atomic E-state index is -0.652. The Morgan fingerprint density at radius 3 is 2.88 bits per heavy atom. The number of para-hydroxylation sites is 1. The number of H-pyrrole nitrogens is 1. The molecule has 1 atom stereocenters. The van der Waals surface area contributed by atoms with Crippen molar-refractivity contribution in [3.8, 4) is 0 Å². The highest BCUT2D eigenvalue weighted by molar-refractivity contribution is 6.01. The highest BCUT2D eigenvalue weighted by Crippen LogP contribution is 2.22. The Morgan fingerprint density at radius 1 is 1.47 bits per heavy atom. The van der Waals surface area contributed by atoms with Crippen LogP contribution in [0.5, 0.6) is 0 Å². The number of aliphatic hydroxyl groups is 1. The summed E-state index contributed by atoms with van der Waals surface area (Å²) in [6.07, 6.45) is 0.608. The second-order valence-corrected chi connectivity index (χ2v) is 3.55. The summed E-state index contributed by atoms with van der Waals surface area (Å²) in [4.78, 5) is 15.5. The van der Waals surface area contributed by atoms with Crippen molar-refractivity contribution < 1.29 is 9.90 Å². The van der Waals surface area contributed by atoms with Crippen molar-refractivity contribution in [2.45, 2.75) is 13.0 Å². The lowest BCUT2D eigenvalue weighted by molar-refractivity contribution is 0.101. The first kappa shape index (κ1) is 11.3. The quantitative estimate of drug-likeness (QED) is 0.739. The third kappa shape index (κ3) is 2.48. The van der Waals surface area contributed by atoms with Gasteiger partial charge in [0.1, 0.15) is 6.33 Å². The third-order valence-corrected chi connectivity index (χ3v) is 2.29. The molecule has 2 rings (SSSR count). The van der Waals surface area contributed by atoms with Crippen LogP contribution in [0.2, 0.25) is 0 Å². The minimum Gasteiger partial charge on any atom is -0.389 e. The molecule has 0 saturated heterocycles. The van der Waals surface area contributed by atoms with E-state index >= 15 is 0 Å². The molecule has 0 fully saturated rings. The zero-order chi connectivity index (χ0) is 12.3. The van der Waals surface area contributed by atoms with Crippen LogP contribution in [0, 0.1) is 0 Å². The molecule has 88 valence electrons. The minimum absolute atomic E-state index is 0.130. The summed E-state index contributed by atoms with van der Waals surface area (Å²) in [5.74, 6) is -0.263. The summed E-state index contributed by atoms with van der Waals surface area (Å²) in [7, 11) is 0. The average Bonchev–Trinajstić information content (AvgIpc) is 2.83. The predicted molar refractivity (Wildman–Crippen MR) is 61.4 cm³/mol. The highest BCUT2D eigenvalue weighted by atomic mass is 16.3. The first-order valence-corrected chi connectivity index (χ1v) is 5.12. The van der Waals surface area contributed by atoms with Crippen LogP contribution in [-0.4, -0.2) is 26.2 Å². The Kier molecular flexibility index (Phi) is 3.15.